The zero-order valence-corrected chi connectivity index (χ0v) is 17.7. The Morgan fingerprint density at radius 2 is 1.87 bits per heavy atom. The Morgan fingerprint density at radius 1 is 1.06 bits per heavy atom. The number of carbonyl (C=O) groups is 1. The van der Waals surface area contributed by atoms with Gasteiger partial charge in [-0.25, -0.2) is 0 Å². The van der Waals surface area contributed by atoms with Crippen molar-refractivity contribution in [2.75, 3.05) is 20.6 Å². The van der Waals surface area contributed by atoms with Gasteiger partial charge in [0.1, 0.15) is 5.76 Å². The van der Waals surface area contributed by atoms with Gasteiger partial charge in [-0.1, -0.05) is 42.5 Å². The van der Waals surface area contributed by atoms with Crippen LogP contribution in [0.25, 0.3) is 11.1 Å². The van der Waals surface area contributed by atoms with Crippen molar-refractivity contribution >= 4 is 5.91 Å². The summed E-state index contributed by atoms with van der Waals surface area (Å²) in [7, 11) is 3.94. The molecule has 0 fully saturated rings. The average Bonchev–Trinajstić information content (AvgIpc) is 3.49. The number of hydrogen-bond acceptors (Lipinski definition) is 4. The van der Waals surface area contributed by atoms with Crippen molar-refractivity contribution in [3.05, 3.63) is 102 Å². The minimum Gasteiger partial charge on any atom is -0.468 e. The fraction of sp³-hybridized carbons (Fsp3) is 0.200. The summed E-state index contributed by atoms with van der Waals surface area (Å²) in [5.74, 6) is 0.723. The summed E-state index contributed by atoms with van der Waals surface area (Å²) in [6.45, 7) is 1.17. The lowest BCUT2D eigenvalue weighted by atomic mass is 9.98. The third-order valence-corrected chi connectivity index (χ3v) is 5.29. The smallest absolute Gasteiger partial charge is 0.251 e. The van der Waals surface area contributed by atoms with Crippen molar-refractivity contribution in [3.63, 3.8) is 0 Å². The van der Waals surface area contributed by atoms with E-state index in [1.165, 1.54) is 0 Å². The van der Waals surface area contributed by atoms with E-state index in [0.29, 0.717) is 18.7 Å². The summed E-state index contributed by atoms with van der Waals surface area (Å²) < 4.78 is 7.42. The first-order chi connectivity index (χ1) is 15.1. The first-order valence-corrected chi connectivity index (χ1v) is 10.3. The minimum absolute atomic E-state index is 0.0345. The second-order valence-electron chi connectivity index (χ2n) is 7.65. The van der Waals surface area contributed by atoms with Crippen LogP contribution in [0.15, 0.2) is 89.8 Å². The topological polar surface area (TPSA) is 63.3 Å². The summed E-state index contributed by atoms with van der Waals surface area (Å²) in [6.07, 6.45) is 5.37. The van der Waals surface area contributed by atoms with Crippen LogP contribution >= 0.6 is 0 Å². The van der Waals surface area contributed by atoms with Crippen LogP contribution in [0.5, 0.6) is 0 Å². The fourth-order valence-electron chi connectivity index (χ4n) is 3.61. The number of benzene rings is 2. The van der Waals surface area contributed by atoms with E-state index in [1.807, 2.05) is 72.3 Å². The van der Waals surface area contributed by atoms with Crippen molar-refractivity contribution in [3.8, 4) is 11.1 Å². The Labute approximate surface area is 182 Å². The predicted molar refractivity (Wildman–Crippen MR) is 121 cm³/mol. The van der Waals surface area contributed by atoms with E-state index < -0.39 is 0 Å². The molecular formula is C25H26N4O2. The van der Waals surface area contributed by atoms with Crippen LogP contribution < -0.4 is 5.32 Å². The number of carbonyl (C=O) groups excluding carboxylic acids is 1. The van der Waals surface area contributed by atoms with Crippen LogP contribution in [-0.2, 0) is 6.54 Å². The molecule has 31 heavy (non-hydrogen) atoms. The Morgan fingerprint density at radius 3 is 2.55 bits per heavy atom. The molecule has 0 saturated carbocycles. The van der Waals surface area contributed by atoms with Gasteiger partial charge < -0.3 is 9.73 Å². The molecule has 6 heteroatoms. The average molecular weight is 415 g/mol. The molecule has 1 amide bonds. The SMILES string of the molecule is CN(C)C(CNC(=O)c1ccccc1-c1ccc(Cn2cccn2)cc1)c1ccco1. The van der Waals surface area contributed by atoms with Crippen molar-refractivity contribution in [1.82, 2.24) is 20.0 Å². The highest BCUT2D eigenvalue weighted by Gasteiger charge is 2.19. The van der Waals surface area contributed by atoms with Gasteiger partial charge in [-0.05, 0) is 55.1 Å². The van der Waals surface area contributed by atoms with E-state index in [0.717, 1.165) is 22.5 Å². The molecule has 2 aromatic carbocycles. The molecule has 4 rings (SSSR count). The molecule has 0 bridgehead atoms. The van der Waals surface area contributed by atoms with Gasteiger partial charge in [-0.15, -0.1) is 0 Å². The third kappa shape index (κ3) is 4.92. The van der Waals surface area contributed by atoms with E-state index in [4.69, 9.17) is 4.42 Å². The summed E-state index contributed by atoms with van der Waals surface area (Å²) in [5, 5.41) is 7.32. The standard InChI is InChI=1S/C25H26N4O2/c1-28(2)23(24-9-5-16-31-24)17-26-25(30)22-8-4-3-7-21(22)20-12-10-19(11-13-20)18-29-15-6-14-27-29/h3-16,23H,17-18H2,1-2H3,(H,26,30). The maximum absolute atomic E-state index is 13.0. The van der Waals surface area contributed by atoms with Gasteiger partial charge in [0.15, 0.2) is 0 Å². The van der Waals surface area contributed by atoms with Crippen LogP contribution in [0.3, 0.4) is 0 Å². The molecule has 4 aromatic rings. The molecule has 0 radical (unpaired) electrons. The van der Waals surface area contributed by atoms with Gasteiger partial charge in [-0.3, -0.25) is 14.4 Å². The number of nitrogens with one attached hydrogen (secondary N) is 1. The molecule has 158 valence electrons. The van der Waals surface area contributed by atoms with Gasteiger partial charge in [0, 0.05) is 24.5 Å². The van der Waals surface area contributed by atoms with Gasteiger partial charge >= 0.3 is 0 Å². The minimum atomic E-state index is -0.102. The van der Waals surface area contributed by atoms with Gasteiger partial charge in [0.05, 0.1) is 18.8 Å². The molecule has 1 atom stereocenters. The molecule has 0 aliphatic heterocycles. The number of likely N-dealkylation sites (N-methyl/N-ethyl adjacent to an activating group) is 1. The highest BCUT2D eigenvalue weighted by molar-refractivity contribution is 6.00. The molecular weight excluding hydrogens is 388 g/mol. The Balaban J connectivity index is 1.49. The maximum Gasteiger partial charge on any atom is 0.251 e. The summed E-state index contributed by atoms with van der Waals surface area (Å²) in [5.41, 5.74) is 3.72. The van der Waals surface area contributed by atoms with E-state index in [9.17, 15) is 4.79 Å². The van der Waals surface area contributed by atoms with Crippen molar-refractivity contribution in [2.24, 2.45) is 0 Å². The van der Waals surface area contributed by atoms with Crippen LogP contribution in [0.4, 0.5) is 0 Å². The number of hydrogen-bond donors (Lipinski definition) is 1. The highest BCUT2D eigenvalue weighted by atomic mass is 16.3. The molecule has 0 saturated heterocycles. The van der Waals surface area contributed by atoms with Gasteiger partial charge in [-0.2, -0.15) is 5.10 Å². The Hall–Kier alpha value is -3.64. The predicted octanol–water partition coefficient (Wildman–Crippen LogP) is 4.22. The van der Waals surface area contributed by atoms with E-state index in [2.05, 4.69) is 34.7 Å². The van der Waals surface area contributed by atoms with Crippen molar-refractivity contribution in [2.45, 2.75) is 12.6 Å². The van der Waals surface area contributed by atoms with Crippen LogP contribution in [0.2, 0.25) is 0 Å². The molecule has 6 nitrogen and oxygen atoms in total. The molecule has 0 spiro atoms. The highest BCUT2D eigenvalue weighted by Crippen LogP contribution is 2.25. The Bertz CT molecular complexity index is 1100. The molecule has 1 unspecified atom stereocenters. The molecule has 2 heterocycles. The molecule has 0 aliphatic carbocycles. The number of rotatable bonds is 8. The lowest BCUT2D eigenvalue weighted by molar-refractivity contribution is 0.0939. The summed E-state index contributed by atoms with van der Waals surface area (Å²) in [6, 6.07) is 21.6. The number of amides is 1. The summed E-state index contributed by atoms with van der Waals surface area (Å²) >= 11 is 0. The second-order valence-corrected chi connectivity index (χ2v) is 7.65. The first kappa shape index (κ1) is 20.6. The number of furan rings is 1. The molecule has 0 aliphatic rings. The van der Waals surface area contributed by atoms with Crippen LogP contribution in [0.1, 0.15) is 27.7 Å². The monoisotopic (exact) mass is 414 g/mol. The second kappa shape index (κ2) is 9.45. The van der Waals surface area contributed by atoms with Crippen LogP contribution in [0, 0.1) is 0 Å². The van der Waals surface area contributed by atoms with E-state index >= 15 is 0 Å². The third-order valence-electron chi connectivity index (χ3n) is 5.29. The fourth-order valence-corrected chi connectivity index (χ4v) is 3.61. The zero-order valence-electron chi connectivity index (χ0n) is 17.7. The largest absolute Gasteiger partial charge is 0.468 e. The number of aromatic nitrogens is 2. The van der Waals surface area contributed by atoms with Crippen LogP contribution in [-0.4, -0.2) is 41.2 Å². The summed E-state index contributed by atoms with van der Waals surface area (Å²) in [4.78, 5) is 15.1. The maximum atomic E-state index is 13.0. The lowest BCUT2D eigenvalue weighted by Gasteiger charge is -2.23. The van der Waals surface area contributed by atoms with E-state index in [-0.39, 0.29) is 11.9 Å². The number of nitrogens with zero attached hydrogens (tertiary/aromatic N) is 3. The quantitative estimate of drug-likeness (QED) is 0.469. The normalized spacial score (nSPS) is 12.1. The van der Waals surface area contributed by atoms with Crippen molar-refractivity contribution < 1.29 is 9.21 Å². The van der Waals surface area contributed by atoms with E-state index in [1.54, 1.807) is 12.5 Å². The zero-order chi connectivity index (χ0) is 21.6. The van der Waals surface area contributed by atoms with Gasteiger partial charge in [0.25, 0.3) is 5.91 Å². The first-order valence-electron chi connectivity index (χ1n) is 10.3. The molecule has 1 N–H and O–H groups in total. The lowest BCUT2D eigenvalue weighted by Crippen LogP contribution is -2.34. The molecule has 2 aromatic heterocycles. The van der Waals surface area contributed by atoms with Gasteiger partial charge in [0.2, 0.25) is 0 Å². The van der Waals surface area contributed by atoms with Crippen molar-refractivity contribution in [1.29, 1.82) is 0 Å². The Kier molecular flexibility index (Phi) is 6.29.